The highest BCUT2D eigenvalue weighted by atomic mass is 16.5. The van der Waals surface area contributed by atoms with Gasteiger partial charge in [0.05, 0.1) is 6.10 Å². The van der Waals surface area contributed by atoms with Crippen molar-refractivity contribution >= 4 is 11.8 Å². The van der Waals surface area contributed by atoms with Crippen molar-refractivity contribution in [1.82, 2.24) is 0 Å². The number of aliphatic hydroxyl groups is 1. The van der Waals surface area contributed by atoms with E-state index in [1.165, 1.54) is 69.8 Å². The standard InChI is InChI=1S/C37H60O4/c1-4-5-6-7-8-9-10-11-12-13-14-15-16-17-18-19-34(40)41-29-22-24-36(2)28(26-29)27-32(38)35-30-20-21-33(39)37(30,3)25-23-31(35)36/h14-15,27,29-32,35,38H,4-13,16-26H2,1-3H3/b15-14+/t29-,30?,31?,32?,35?,36-,37-/m0/s1. The summed E-state index contributed by atoms with van der Waals surface area (Å²) >= 11 is 0. The monoisotopic (exact) mass is 568 g/mol. The lowest BCUT2D eigenvalue weighted by molar-refractivity contribution is -0.152. The Morgan fingerprint density at radius 1 is 0.878 bits per heavy atom. The van der Waals surface area contributed by atoms with Crippen LogP contribution < -0.4 is 0 Å². The Morgan fingerprint density at radius 3 is 2.20 bits per heavy atom. The van der Waals surface area contributed by atoms with E-state index in [2.05, 4.69) is 39.0 Å². The van der Waals surface area contributed by atoms with Crippen LogP contribution in [0.5, 0.6) is 0 Å². The molecule has 0 saturated heterocycles. The van der Waals surface area contributed by atoms with E-state index in [0.717, 1.165) is 57.8 Å². The maximum atomic E-state index is 12.7. The summed E-state index contributed by atoms with van der Waals surface area (Å²) in [5.41, 5.74) is 1.11. The van der Waals surface area contributed by atoms with Gasteiger partial charge in [-0.1, -0.05) is 95.9 Å². The van der Waals surface area contributed by atoms with Crippen molar-refractivity contribution < 1.29 is 19.4 Å². The summed E-state index contributed by atoms with van der Waals surface area (Å²) < 4.78 is 5.95. The number of esters is 1. The van der Waals surface area contributed by atoms with Crippen molar-refractivity contribution in [1.29, 1.82) is 0 Å². The van der Waals surface area contributed by atoms with Crippen molar-refractivity contribution in [3.63, 3.8) is 0 Å². The molecule has 4 unspecified atom stereocenters. The second-order valence-electron chi connectivity index (χ2n) is 14.5. The number of ether oxygens (including phenoxy) is 1. The van der Waals surface area contributed by atoms with Crippen LogP contribution in [-0.4, -0.2) is 29.1 Å². The van der Waals surface area contributed by atoms with Crippen molar-refractivity contribution in [2.24, 2.45) is 28.6 Å². The first-order chi connectivity index (χ1) is 19.8. The SMILES string of the molecule is CCCCCCCCCCC/C=C/CCCCC(=O)O[C@H]1CC[C@@]2(C)C(=CC(O)C3C2CC[C@]2(C)C(=O)CCC32)C1. The van der Waals surface area contributed by atoms with Gasteiger partial charge in [-0.25, -0.2) is 0 Å². The number of carbonyl (C=O) groups excluding carboxylic acids is 2. The van der Waals surface area contributed by atoms with Crippen LogP contribution in [0, 0.1) is 28.6 Å². The molecule has 4 nitrogen and oxygen atoms in total. The van der Waals surface area contributed by atoms with E-state index in [9.17, 15) is 14.7 Å². The number of allylic oxidation sites excluding steroid dienone is 2. The number of carbonyl (C=O) groups is 2. The van der Waals surface area contributed by atoms with Crippen molar-refractivity contribution in [3.8, 4) is 0 Å². The molecule has 3 fully saturated rings. The molecule has 4 aliphatic rings. The fourth-order valence-corrected chi connectivity index (χ4v) is 9.07. The normalized spacial score (nSPS) is 34.7. The van der Waals surface area contributed by atoms with Gasteiger partial charge < -0.3 is 9.84 Å². The summed E-state index contributed by atoms with van der Waals surface area (Å²) in [6, 6.07) is 0. The zero-order chi connectivity index (χ0) is 29.3. The van der Waals surface area contributed by atoms with E-state index >= 15 is 0 Å². The molecule has 4 aliphatic carbocycles. The Balaban J connectivity index is 1.10. The van der Waals surface area contributed by atoms with Gasteiger partial charge in [-0.3, -0.25) is 9.59 Å². The Bertz CT molecular complexity index is 920. The Hall–Kier alpha value is -1.42. The van der Waals surface area contributed by atoms with Crippen LogP contribution in [0.4, 0.5) is 0 Å². The number of fused-ring (bicyclic) bond motifs is 5. The highest BCUT2D eigenvalue weighted by molar-refractivity contribution is 5.87. The molecule has 3 saturated carbocycles. The topological polar surface area (TPSA) is 63.6 Å². The fourth-order valence-electron chi connectivity index (χ4n) is 9.07. The molecule has 0 bridgehead atoms. The Kier molecular flexibility index (Phi) is 12.2. The van der Waals surface area contributed by atoms with Crippen molar-refractivity contribution in [3.05, 3.63) is 23.8 Å². The van der Waals surface area contributed by atoms with Gasteiger partial charge in [-0.05, 0) is 87.4 Å². The third kappa shape index (κ3) is 7.95. The minimum absolute atomic E-state index is 0.0559. The number of aliphatic hydroxyl groups excluding tert-OH is 1. The molecule has 0 aromatic rings. The Labute approximate surface area is 251 Å². The van der Waals surface area contributed by atoms with E-state index in [1.54, 1.807) is 0 Å². The maximum Gasteiger partial charge on any atom is 0.306 e. The van der Waals surface area contributed by atoms with E-state index in [-0.39, 0.29) is 28.8 Å². The first-order valence-electron chi connectivity index (χ1n) is 17.6. The van der Waals surface area contributed by atoms with Gasteiger partial charge >= 0.3 is 5.97 Å². The van der Waals surface area contributed by atoms with Gasteiger partial charge in [0.25, 0.3) is 0 Å². The molecule has 0 radical (unpaired) electrons. The van der Waals surface area contributed by atoms with Crippen LogP contribution >= 0.6 is 0 Å². The minimum atomic E-state index is -0.485. The van der Waals surface area contributed by atoms with Crippen LogP contribution in [0.25, 0.3) is 0 Å². The highest BCUT2D eigenvalue weighted by Crippen LogP contribution is 2.64. The molecule has 7 atom stereocenters. The van der Waals surface area contributed by atoms with Crippen molar-refractivity contribution in [2.75, 3.05) is 0 Å². The van der Waals surface area contributed by atoms with E-state index in [0.29, 0.717) is 30.5 Å². The minimum Gasteiger partial charge on any atom is -0.462 e. The lowest BCUT2D eigenvalue weighted by Gasteiger charge is -2.58. The molecule has 0 aromatic heterocycles. The number of hydrogen-bond donors (Lipinski definition) is 1. The lowest BCUT2D eigenvalue weighted by atomic mass is 9.47. The van der Waals surface area contributed by atoms with Crippen LogP contribution in [0.1, 0.15) is 156 Å². The summed E-state index contributed by atoms with van der Waals surface area (Å²) in [5.74, 6) is 1.26. The molecule has 0 spiro atoms. The molecular weight excluding hydrogens is 508 g/mol. The van der Waals surface area contributed by atoms with Crippen LogP contribution in [0.15, 0.2) is 23.8 Å². The smallest absolute Gasteiger partial charge is 0.306 e. The summed E-state index contributed by atoms with van der Waals surface area (Å²) in [7, 11) is 0. The third-order valence-corrected chi connectivity index (χ3v) is 11.7. The fraction of sp³-hybridized carbons (Fsp3) is 0.838. The van der Waals surface area contributed by atoms with E-state index in [1.807, 2.05) is 0 Å². The number of rotatable bonds is 16. The summed E-state index contributed by atoms with van der Waals surface area (Å²) in [6.45, 7) is 6.81. The Morgan fingerprint density at radius 2 is 1.49 bits per heavy atom. The average Bonchev–Trinajstić information content (AvgIpc) is 3.25. The molecule has 0 heterocycles. The molecule has 0 aromatic carbocycles. The first-order valence-corrected chi connectivity index (χ1v) is 17.6. The van der Waals surface area contributed by atoms with Crippen molar-refractivity contribution in [2.45, 2.75) is 168 Å². The van der Waals surface area contributed by atoms with Crippen LogP contribution in [0.3, 0.4) is 0 Å². The molecule has 232 valence electrons. The van der Waals surface area contributed by atoms with Gasteiger partial charge in [-0.2, -0.15) is 0 Å². The van der Waals surface area contributed by atoms with Gasteiger partial charge in [0.15, 0.2) is 0 Å². The number of Topliss-reactive ketones (excluding diaryl/α,β-unsaturated/α-hetero) is 1. The van der Waals surface area contributed by atoms with Crippen LogP contribution in [-0.2, 0) is 14.3 Å². The number of hydrogen-bond acceptors (Lipinski definition) is 4. The zero-order valence-electron chi connectivity index (χ0n) is 26.6. The molecule has 1 N–H and O–H groups in total. The summed E-state index contributed by atoms with van der Waals surface area (Å²) in [6.07, 6.45) is 29.4. The third-order valence-electron chi connectivity index (χ3n) is 11.7. The zero-order valence-corrected chi connectivity index (χ0v) is 26.6. The molecule has 4 rings (SSSR count). The van der Waals surface area contributed by atoms with E-state index < -0.39 is 6.10 Å². The van der Waals surface area contributed by atoms with E-state index in [4.69, 9.17) is 4.74 Å². The van der Waals surface area contributed by atoms with Gasteiger partial charge in [0, 0.05) is 24.7 Å². The number of ketones is 1. The van der Waals surface area contributed by atoms with Crippen LogP contribution in [0.2, 0.25) is 0 Å². The lowest BCUT2D eigenvalue weighted by Crippen LogP contribution is -2.54. The molecule has 0 amide bonds. The summed E-state index contributed by atoms with van der Waals surface area (Å²) in [5, 5.41) is 11.3. The second kappa shape index (κ2) is 15.3. The number of unbranched alkanes of at least 4 members (excludes halogenated alkanes) is 11. The predicted octanol–water partition coefficient (Wildman–Crippen LogP) is 9.44. The summed E-state index contributed by atoms with van der Waals surface area (Å²) in [4.78, 5) is 25.3. The predicted molar refractivity (Wildman–Crippen MR) is 167 cm³/mol. The quantitative estimate of drug-likeness (QED) is 0.114. The van der Waals surface area contributed by atoms with Gasteiger partial charge in [0.1, 0.15) is 11.9 Å². The van der Waals surface area contributed by atoms with Gasteiger partial charge in [-0.15, -0.1) is 0 Å². The largest absolute Gasteiger partial charge is 0.462 e. The average molecular weight is 569 g/mol. The molecular formula is C37H60O4. The molecule has 0 aliphatic heterocycles. The first kappa shape index (κ1) is 32.5. The molecule has 41 heavy (non-hydrogen) atoms. The molecule has 4 heteroatoms. The van der Waals surface area contributed by atoms with Gasteiger partial charge in [0.2, 0.25) is 0 Å². The maximum absolute atomic E-state index is 12.7. The second-order valence-corrected chi connectivity index (χ2v) is 14.5. The highest BCUT2D eigenvalue weighted by Gasteiger charge is 2.60.